The van der Waals surface area contributed by atoms with E-state index in [4.69, 9.17) is 6.42 Å². The first-order chi connectivity index (χ1) is 22.6. The standard InChI is InChI=1S/C38H54N4O5/c1-5-12-32(38(47)41-33(25-30-15-10-7-11-16-30)36(45)34(43)23-27(2)3)40-37(46)31(24-29-13-8-6-9-14-29)26-35(44)42(4)22-19-28-17-20-39-21-18-28/h1,6,8-9,13-14,17-18,20-21,27,30-34,36,43,45H,7,10-12,15-16,19,22-26H2,2-4H3,(H,40,46)(H,41,47)/t31-,32+,33+,34+,36-/m1/s1. The molecule has 1 heterocycles. The van der Waals surface area contributed by atoms with Crippen LogP contribution in [-0.2, 0) is 27.2 Å². The number of nitrogens with one attached hydrogen (secondary N) is 2. The first-order valence-electron chi connectivity index (χ1n) is 17.1. The van der Waals surface area contributed by atoms with Crippen LogP contribution in [0.3, 0.4) is 0 Å². The Hall–Kier alpha value is -3.74. The Morgan fingerprint density at radius 3 is 2.30 bits per heavy atom. The third-order valence-electron chi connectivity index (χ3n) is 9.14. The zero-order valence-electron chi connectivity index (χ0n) is 28.3. The fourth-order valence-electron chi connectivity index (χ4n) is 6.35. The van der Waals surface area contributed by atoms with Gasteiger partial charge in [-0.05, 0) is 60.8 Å². The molecule has 47 heavy (non-hydrogen) atoms. The van der Waals surface area contributed by atoms with E-state index in [1.165, 1.54) is 6.42 Å². The number of rotatable bonds is 18. The number of pyridine rings is 1. The van der Waals surface area contributed by atoms with Crippen molar-refractivity contribution in [3.05, 3.63) is 66.0 Å². The molecule has 1 aliphatic carbocycles. The van der Waals surface area contributed by atoms with Gasteiger partial charge < -0.3 is 25.7 Å². The summed E-state index contributed by atoms with van der Waals surface area (Å²) in [4.78, 5) is 46.5. The Morgan fingerprint density at radius 2 is 1.66 bits per heavy atom. The SMILES string of the molecule is C#CC[C@H](NC(=O)[C@@H](CC(=O)N(C)CCc1ccncc1)Cc1ccccc1)C(=O)N[C@@H](CC1CCCCC1)[C@@H](O)[C@@H](O)CC(C)C. The highest BCUT2D eigenvalue weighted by molar-refractivity contribution is 5.91. The summed E-state index contributed by atoms with van der Waals surface area (Å²) < 4.78 is 0. The average molecular weight is 647 g/mol. The number of benzene rings is 1. The van der Waals surface area contributed by atoms with Crippen LogP contribution in [0.25, 0.3) is 0 Å². The first-order valence-corrected chi connectivity index (χ1v) is 17.1. The van der Waals surface area contributed by atoms with Gasteiger partial charge in [0.15, 0.2) is 0 Å². The van der Waals surface area contributed by atoms with E-state index in [9.17, 15) is 24.6 Å². The minimum Gasteiger partial charge on any atom is -0.390 e. The fourth-order valence-corrected chi connectivity index (χ4v) is 6.35. The second kappa shape index (κ2) is 19.8. The van der Waals surface area contributed by atoms with Crippen LogP contribution < -0.4 is 10.6 Å². The molecular weight excluding hydrogens is 592 g/mol. The van der Waals surface area contributed by atoms with Crippen molar-refractivity contribution in [2.45, 2.75) is 109 Å². The molecule has 9 heteroatoms. The first kappa shape index (κ1) is 37.7. The Morgan fingerprint density at radius 1 is 0.979 bits per heavy atom. The highest BCUT2D eigenvalue weighted by Gasteiger charge is 2.34. The molecule has 1 aromatic carbocycles. The van der Waals surface area contributed by atoms with Crippen molar-refractivity contribution >= 4 is 17.7 Å². The van der Waals surface area contributed by atoms with E-state index in [1.54, 1.807) is 24.3 Å². The third-order valence-corrected chi connectivity index (χ3v) is 9.14. The number of nitrogens with zero attached hydrogens (tertiary/aromatic N) is 2. The maximum atomic E-state index is 13.8. The highest BCUT2D eigenvalue weighted by atomic mass is 16.3. The molecule has 2 aromatic rings. The molecule has 256 valence electrons. The molecule has 0 spiro atoms. The van der Waals surface area contributed by atoms with E-state index in [0.717, 1.165) is 36.8 Å². The maximum absolute atomic E-state index is 13.8. The molecule has 3 amide bonds. The van der Waals surface area contributed by atoms with Gasteiger partial charge in [0.25, 0.3) is 0 Å². The summed E-state index contributed by atoms with van der Waals surface area (Å²) in [6.07, 6.45) is 14.1. The van der Waals surface area contributed by atoms with E-state index in [-0.39, 0.29) is 24.7 Å². The van der Waals surface area contributed by atoms with Gasteiger partial charge in [0.2, 0.25) is 17.7 Å². The molecule has 0 saturated heterocycles. The van der Waals surface area contributed by atoms with Crippen LogP contribution in [0.2, 0.25) is 0 Å². The summed E-state index contributed by atoms with van der Waals surface area (Å²) in [7, 11) is 1.72. The number of aliphatic hydroxyl groups excluding tert-OH is 2. The second-order valence-electron chi connectivity index (χ2n) is 13.5. The van der Waals surface area contributed by atoms with Gasteiger partial charge in [0.1, 0.15) is 12.1 Å². The number of aromatic nitrogens is 1. The minimum absolute atomic E-state index is 0.0393. The molecule has 4 N–H and O–H groups in total. The summed E-state index contributed by atoms with van der Waals surface area (Å²) in [5.74, 6) is 1.13. The van der Waals surface area contributed by atoms with Crippen molar-refractivity contribution in [3.63, 3.8) is 0 Å². The van der Waals surface area contributed by atoms with Crippen LogP contribution in [0, 0.1) is 30.1 Å². The molecule has 1 aliphatic rings. The van der Waals surface area contributed by atoms with Gasteiger partial charge in [-0.15, -0.1) is 12.3 Å². The zero-order valence-corrected chi connectivity index (χ0v) is 28.3. The van der Waals surface area contributed by atoms with E-state index in [2.05, 4.69) is 21.5 Å². The summed E-state index contributed by atoms with van der Waals surface area (Å²) in [6.45, 7) is 4.43. The molecule has 3 rings (SSSR count). The van der Waals surface area contributed by atoms with Crippen molar-refractivity contribution in [2.75, 3.05) is 13.6 Å². The van der Waals surface area contributed by atoms with Crippen LogP contribution in [0.15, 0.2) is 54.9 Å². The lowest BCUT2D eigenvalue weighted by atomic mass is 9.82. The number of carbonyl (C=O) groups excluding carboxylic acids is 3. The van der Waals surface area contributed by atoms with Crippen LogP contribution in [0.5, 0.6) is 0 Å². The highest BCUT2D eigenvalue weighted by Crippen LogP contribution is 2.29. The number of carbonyl (C=O) groups is 3. The zero-order chi connectivity index (χ0) is 34.2. The minimum atomic E-state index is -1.16. The second-order valence-corrected chi connectivity index (χ2v) is 13.5. The lowest BCUT2D eigenvalue weighted by Gasteiger charge is -2.33. The average Bonchev–Trinajstić information content (AvgIpc) is 3.07. The van der Waals surface area contributed by atoms with Crippen LogP contribution in [-0.4, -0.2) is 75.7 Å². The van der Waals surface area contributed by atoms with Gasteiger partial charge >= 0.3 is 0 Å². The third kappa shape index (κ3) is 13.1. The smallest absolute Gasteiger partial charge is 0.243 e. The Balaban J connectivity index is 1.73. The summed E-state index contributed by atoms with van der Waals surface area (Å²) in [6, 6.07) is 11.5. The van der Waals surface area contributed by atoms with Crippen molar-refractivity contribution in [1.29, 1.82) is 0 Å². The number of likely N-dealkylation sites (N-methyl/N-ethyl adjacent to an activating group) is 1. The summed E-state index contributed by atoms with van der Waals surface area (Å²) in [5.41, 5.74) is 1.96. The molecule has 5 atom stereocenters. The van der Waals surface area contributed by atoms with Gasteiger partial charge in [-0.2, -0.15) is 0 Å². The lowest BCUT2D eigenvalue weighted by Crippen LogP contribution is -2.56. The number of hydrogen-bond donors (Lipinski definition) is 4. The molecule has 0 bridgehead atoms. The predicted molar refractivity (Wildman–Crippen MR) is 184 cm³/mol. The summed E-state index contributed by atoms with van der Waals surface area (Å²) >= 11 is 0. The summed E-state index contributed by atoms with van der Waals surface area (Å²) in [5, 5.41) is 27.8. The van der Waals surface area contributed by atoms with E-state index >= 15 is 0 Å². The van der Waals surface area contributed by atoms with Crippen LogP contribution in [0.1, 0.15) is 82.8 Å². The van der Waals surface area contributed by atoms with Gasteiger partial charge in [-0.25, -0.2) is 0 Å². The van der Waals surface area contributed by atoms with E-state index < -0.39 is 42.0 Å². The molecule has 9 nitrogen and oxygen atoms in total. The van der Waals surface area contributed by atoms with E-state index in [1.807, 2.05) is 56.3 Å². The monoisotopic (exact) mass is 646 g/mol. The number of amides is 3. The Labute approximate surface area is 280 Å². The quantitative estimate of drug-likeness (QED) is 0.181. The number of aliphatic hydroxyl groups is 2. The maximum Gasteiger partial charge on any atom is 0.243 e. The van der Waals surface area contributed by atoms with Gasteiger partial charge in [-0.3, -0.25) is 19.4 Å². The van der Waals surface area contributed by atoms with Gasteiger partial charge in [-0.1, -0.05) is 76.3 Å². The van der Waals surface area contributed by atoms with Crippen molar-refractivity contribution in [1.82, 2.24) is 20.5 Å². The van der Waals surface area contributed by atoms with Crippen LogP contribution in [0.4, 0.5) is 0 Å². The van der Waals surface area contributed by atoms with Crippen molar-refractivity contribution in [3.8, 4) is 12.3 Å². The van der Waals surface area contributed by atoms with Gasteiger partial charge in [0.05, 0.1) is 18.1 Å². The Bertz CT molecular complexity index is 1280. The molecule has 1 fully saturated rings. The largest absolute Gasteiger partial charge is 0.390 e. The molecule has 1 saturated carbocycles. The number of hydrogen-bond acceptors (Lipinski definition) is 6. The number of terminal acetylenes is 1. The molecule has 1 aromatic heterocycles. The normalized spacial score (nSPS) is 16.7. The predicted octanol–water partition coefficient (Wildman–Crippen LogP) is 4.06. The molecule has 0 aliphatic heterocycles. The fraction of sp³-hybridized carbons (Fsp3) is 0.579. The van der Waals surface area contributed by atoms with Crippen molar-refractivity contribution < 1.29 is 24.6 Å². The van der Waals surface area contributed by atoms with Gasteiger partial charge in [0, 0.05) is 38.8 Å². The van der Waals surface area contributed by atoms with E-state index in [0.29, 0.717) is 38.1 Å². The molecule has 0 radical (unpaired) electrons. The van der Waals surface area contributed by atoms with Crippen molar-refractivity contribution in [2.24, 2.45) is 17.8 Å². The molecule has 0 unspecified atom stereocenters. The topological polar surface area (TPSA) is 132 Å². The van der Waals surface area contributed by atoms with Crippen LogP contribution >= 0.6 is 0 Å². The Kier molecular flexibility index (Phi) is 15.9. The molecular formula is C38H54N4O5. The lowest BCUT2D eigenvalue weighted by molar-refractivity contribution is -0.136.